The molecule has 1 heteroatoms. The molecular formula is C28H48O. The second-order valence-corrected chi connectivity index (χ2v) is 12.6. The molecule has 2 fully saturated rings. The van der Waals surface area contributed by atoms with Gasteiger partial charge >= 0.3 is 0 Å². The van der Waals surface area contributed by atoms with Crippen LogP contribution in [0.5, 0.6) is 0 Å². The molecule has 166 valence electrons. The van der Waals surface area contributed by atoms with Crippen molar-refractivity contribution in [3.63, 3.8) is 0 Å². The lowest BCUT2D eigenvalue weighted by Gasteiger charge is -2.57. The summed E-state index contributed by atoms with van der Waals surface area (Å²) >= 11 is 0. The first-order chi connectivity index (χ1) is 13.7. The first-order valence-corrected chi connectivity index (χ1v) is 13.1. The average Bonchev–Trinajstić information content (AvgIpc) is 3.00. The van der Waals surface area contributed by atoms with Crippen LogP contribution in [0.2, 0.25) is 0 Å². The third kappa shape index (κ3) is 3.56. The lowest BCUT2D eigenvalue weighted by Crippen LogP contribution is -2.49. The van der Waals surface area contributed by atoms with Crippen molar-refractivity contribution in [1.29, 1.82) is 0 Å². The van der Waals surface area contributed by atoms with E-state index in [0.29, 0.717) is 16.7 Å². The Labute approximate surface area is 181 Å². The van der Waals surface area contributed by atoms with E-state index in [1.54, 1.807) is 0 Å². The van der Waals surface area contributed by atoms with Gasteiger partial charge in [-0.3, -0.25) is 0 Å². The molecule has 1 nitrogen and oxygen atoms in total. The van der Waals surface area contributed by atoms with Crippen LogP contribution in [-0.4, -0.2) is 11.2 Å². The van der Waals surface area contributed by atoms with Crippen LogP contribution in [0.15, 0.2) is 11.1 Å². The molecule has 0 radical (unpaired) electrons. The molecule has 8 atom stereocenters. The van der Waals surface area contributed by atoms with Crippen LogP contribution in [0.25, 0.3) is 0 Å². The number of aliphatic hydroxyl groups excluding tert-OH is 1. The highest BCUT2D eigenvalue weighted by Gasteiger charge is 2.57. The smallest absolute Gasteiger partial charge is 0.0546 e. The summed E-state index contributed by atoms with van der Waals surface area (Å²) in [6.07, 6.45) is 14.6. The van der Waals surface area contributed by atoms with Crippen molar-refractivity contribution in [1.82, 2.24) is 0 Å². The van der Waals surface area contributed by atoms with Gasteiger partial charge in [0.2, 0.25) is 0 Å². The normalized spacial score (nSPS) is 45.7. The zero-order valence-electron chi connectivity index (χ0n) is 20.3. The summed E-state index contributed by atoms with van der Waals surface area (Å²) in [5.41, 5.74) is 4.72. The first kappa shape index (κ1) is 21.9. The SMILES string of the molecule is CC(C)CCC[C@@H](C)[C@H]1CC[C@H]2C3=C(CC[C@]12C)[C@@]1(C)C(C)C[C@H](O)CC1CC3. The molecule has 1 N–H and O–H groups in total. The van der Waals surface area contributed by atoms with E-state index >= 15 is 0 Å². The molecule has 4 rings (SSSR count). The summed E-state index contributed by atoms with van der Waals surface area (Å²) < 4.78 is 0. The van der Waals surface area contributed by atoms with Crippen LogP contribution in [0, 0.1) is 46.3 Å². The monoisotopic (exact) mass is 400 g/mol. The van der Waals surface area contributed by atoms with Crippen LogP contribution in [0.1, 0.15) is 112 Å². The predicted molar refractivity (Wildman–Crippen MR) is 124 cm³/mol. The number of allylic oxidation sites excluding steroid dienone is 2. The minimum absolute atomic E-state index is 0.0540. The molecular weight excluding hydrogens is 352 g/mol. The van der Waals surface area contributed by atoms with Crippen molar-refractivity contribution in [3.8, 4) is 0 Å². The maximum atomic E-state index is 10.4. The zero-order valence-corrected chi connectivity index (χ0v) is 20.3. The molecule has 0 aliphatic heterocycles. The van der Waals surface area contributed by atoms with Crippen LogP contribution >= 0.6 is 0 Å². The number of hydrogen-bond donors (Lipinski definition) is 1. The van der Waals surface area contributed by atoms with Gasteiger partial charge < -0.3 is 5.11 Å². The van der Waals surface area contributed by atoms with Crippen molar-refractivity contribution in [2.24, 2.45) is 46.3 Å². The standard InChI is InChI=1S/C28H48O/c1-18(2)8-7-9-19(3)24-12-13-25-23-11-10-21-17-22(29)16-20(4)28(21,6)26(23)14-15-27(24,25)5/h18-22,24-25,29H,7-17H2,1-6H3/t19-,20?,21?,22+,24-,25+,27-,28+/m1/s1. The highest BCUT2D eigenvalue weighted by molar-refractivity contribution is 5.35. The van der Waals surface area contributed by atoms with Crippen molar-refractivity contribution in [2.45, 2.75) is 118 Å². The molecule has 0 spiro atoms. The maximum absolute atomic E-state index is 10.4. The number of rotatable bonds is 5. The molecule has 4 aliphatic rings. The van der Waals surface area contributed by atoms with Crippen molar-refractivity contribution in [3.05, 3.63) is 11.1 Å². The van der Waals surface area contributed by atoms with Crippen LogP contribution in [-0.2, 0) is 0 Å². The Balaban J connectivity index is 1.56. The molecule has 0 aromatic carbocycles. The molecule has 0 saturated heterocycles. The molecule has 0 bridgehead atoms. The summed E-state index contributed by atoms with van der Waals surface area (Å²) in [6.45, 7) is 15.0. The van der Waals surface area contributed by atoms with Gasteiger partial charge in [0, 0.05) is 0 Å². The van der Waals surface area contributed by atoms with Crippen molar-refractivity contribution < 1.29 is 5.11 Å². The molecule has 29 heavy (non-hydrogen) atoms. The Hall–Kier alpha value is -0.300. The highest BCUT2D eigenvalue weighted by atomic mass is 16.3. The van der Waals surface area contributed by atoms with E-state index in [2.05, 4.69) is 41.5 Å². The molecule has 0 aromatic rings. The Bertz CT molecular complexity index is 632. The van der Waals surface area contributed by atoms with Gasteiger partial charge in [-0.1, -0.05) is 72.0 Å². The van der Waals surface area contributed by atoms with E-state index in [1.807, 2.05) is 11.1 Å². The van der Waals surface area contributed by atoms with E-state index in [0.717, 1.165) is 42.4 Å². The predicted octanol–water partition coefficient (Wildman–Crippen LogP) is 7.78. The quantitative estimate of drug-likeness (QED) is 0.467. The summed E-state index contributed by atoms with van der Waals surface area (Å²) in [7, 11) is 0. The first-order valence-electron chi connectivity index (χ1n) is 13.1. The maximum Gasteiger partial charge on any atom is 0.0546 e. The van der Waals surface area contributed by atoms with E-state index in [4.69, 9.17) is 0 Å². The van der Waals surface area contributed by atoms with Crippen LogP contribution < -0.4 is 0 Å². The third-order valence-electron chi connectivity index (χ3n) is 10.7. The van der Waals surface area contributed by atoms with Crippen molar-refractivity contribution in [2.75, 3.05) is 0 Å². The van der Waals surface area contributed by atoms with E-state index in [-0.39, 0.29) is 6.10 Å². The van der Waals surface area contributed by atoms with Gasteiger partial charge in [-0.25, -0.2) is 0 Å². The number of aliphatic hydroxyl groups is 1. The van der Waals surface area contributed by atoms with Crippen LogP contribution in [0.3, 0.4) is 0 Å². The Morgan fingerprint density at radius 1 is 1.00 bits per heavy atom. The molecule has 4 aliphatic carbocycles. The molecule has 0 amide bonds. The van der Waals surface area contributed by atoms with E-state index in [9.17, 15) is 5.11 Å². The van der Waals surface area contributed by atoms with Gasteiger partial charge in [0.05, 0.1) is 6.10 Å². The molecule has 2 unspecified atom stereocenters. The highest BCUT2D eigenvalue weighted by Crippen LogP contribution is 2.66. The topological polar surface area (TPSA) is 20.2 Å². The second kappa shape index (κ2) is 7.99. The summed E-state index contributed by atoms with van der Waals surface area (Å²) in [4.78, 5) is 0. The van der Waals surface area contributed by atoms with Gasteiger partial charge in [-0.15, -0.1) is 0 Å². The number of hydrogen-bond acceptors (Lipinski definition) is 1. The average molecular weight is 401 g/mol. The minimum atomic E-state index is -0.0540. The fourth-order valence-corrected chi connectivity index (χ4v) is 8.90. The summed E-state index contributed by atoms with van der Waals surface area (Å²) in [5, 5.41) is 10.4. The lowest BCUT2D eigenvalue weighted by molar-refractivity contribution is -0.0240. The minimum Gasteiger partial charge on any atom is -0.393 e. The van der Waals surface area contributed by atoms with E-state index < -0.39 is 0 Å². The number of fused-ring (bicyclic) bond motifs is 4. The Kier molecular flexibility index (Phi) is 6.04. The fourth-order valence-electron chi connectivity index (χ4n) is 8.90. The fraction of sp³-hybridized carbons (Fsp3) is 0.929. The van der Waals surface area contributed by atoms with Gasteiger partial charge in [0.15, 0.2) is 0 Å². The summed E-state index contributed by atoms with van der Waals surface area (Å²) in [6, 6.07) is 0. The van der Waals surface area contributed by atoms with Crippen molar-refractivity contribution >= 4 is 0 Å². The van der Waals surface area contributed by atoms with Crippen LogP contribution in [0.4, 0.5) is 0 Å². The van der Waals surface area contributed by atoms with Gasteiger partial charge in [0.1, 0.15) is 0 Å². The largest absolute Gasteiger partial charge is 0.393 e. The molecule has 2 saturated carbocycles. The Morgan fingerprint density at radius 2 is 1.76 bits per heavy atom. The molecule has 0 heterocycles. The zero-order chi connectivity index (χ0) is 21.0. The second-order valence-electron chi connectivity index (χ2n) is 12.6. The molecule has 0 aromatic heterocycles. The summed E-state index contributed by atoms with van der Waals surface area (Å²) in [5.74, 6) is 4.89. The third-order valence-corrected chi connectivity index (χ3v) is 10.7. The Morgan fingerprint density at radius 3 is 2.48 bits per heavy atom. The lowest BCUT2D eigenvalue weighted by atomic mass is 9.48. The van der Waals surface area contributed by atoms with E-state index in [1.165, 1.54) is 57.8 Å². The van der Waals surface area contributed by atoms with Gasteiger partial charge in [-0.2, -0.15) is 0 Å². The van der Waals surface area contributed by atoms with Gasteiger partial charge in [-0.05, 0) is 97.7 Å². The van der Waals surface area contributed by atoms with Gasteiger partial charge in [0.25, 0.3) is 0 Å².